The second-order valence-corrected chi connectivity index (χ2v) is 35.4. The molecule has 4 heterocycles. The van der Waals surface area contributed by atoms with E-state index in [0.717, 1.165) is 88.0 Å². The predicted octanol–water partition coefficient (Wildman–Crippen LogP) is 33.8. The van der Waals surface area contributed by atoms with E-state index in [1.54, 1.807) is 0 Å². The van der Waals surface area contributed by atoms with E-state index in [1.807, 2.05) is 48.8 Å². The number of para-hydroxylation sites is 3. The van der Waals surface area contributed by atoms with Crippen LogP contribution in [0.15, 0.2) is 443 Å². The second kappa shape index (κ2) is 30.3. The van der Waals surface area contributed by atoms with Gasteiger partial charge in [0.15, 0.2) is 0 Å². The fourth-order valence-electron chi connectivity index (χ4n) is 22.9. The van der Waals surface area contributed by atoms with E-state index in [-0.39, 0.29) is 0 Å². The van der Waals surface area contributed by atoms with Crippen LogP contribution in [0.25, 0.3) is 267 Å². The number of fused-ring (bicyclic) bond motifs is 15. The predicted molar refractivity (Wildman–Crippen MR) is 565 cm³/mol. The van der Waals surface area contributed by atoms with Gasteiger partial charge in [-0.2, -0.15) is 15.8 Å². The Bertz CT molecular complexity index is 9750. The van der Waals surface area contributed by atoms with Crippen LogP contribution < -0.4 is 0 Å². The van der Waals surface area contributed by atoms with Crippen LogP contribution in [-0.4, -0.2) is 18.7 Å². The van der Waals surface area contributed by atoms with Crippen LogP contribution in [0.2, 0.25) is 0 Å². The summed E-state index contributed by atoms with van der Waals surface area (Å²) in [7, 11) is 0. The quantitative estimate of drug-likeness (QED) is 0.142. The Morgan fingerprint density at radius 2 is 0.422 bits per heavy atom. The molecule has 7 nitrogen and oxygen atoms in total. The highest BCUT2D eigenvalue weighted by Gasteiger charge is 2.28. The molecule has 0 N–H and O–H groups in total. The van der Waals surface area contributed by atoms with Gasteiger partial charge in [-0.15, -0.1) is 0 Å². The van der Waals surface area contributed by atoms with Crippen molar-refractivity contribution in [1.82, 2.24) is 18.7 Å². The first-order valence-electron chi connectivity index (χ1n) is 45.8. The third-order valence-corrected chi connectivity index (χ3v) is 28.7. The lowest BCUT2D eigenvalue weighted by Gasteiger charge is -2.17. The van der Waals surface area contributed by atoms with Crippen LogP contribution in [0.3, 0.4) is 0 Å². The summed E-state index contributed by atoms with van der Waals surface area (Å²) in [5.41, 5.74) is 24.3. The van der Waals surface area contributed by atoms with Gasteiger partial charge in [-0.05, 0) is 291 Å². The zero-order valence-corrected chi connectivity index (χ0v) is 72.8. The van der Waals surface area contributed by atoms with E-state index in [1.165, 1.54) is 179 Å². The van der Waals surface area contributed by atoms with Crippen molar-refractivity contribution in [3.05, 3.63) is 460 Å². The minimum absolute atomic E-state index is 0.698. The van der Waals surface area contributed by atoms with Crippen molar-refractivity contribution in [2.75, 3.05) is 0 Å². The average Bonchev–Trinajstić information content (AvgIpc) is 1.56. The molecule has 620 valence electrons. The zero-order valence-electron chi connectivity index (χ0n) is 72.8. The highest BCUT2D eigenvalue weighted by atomic mass is 15.0. The third-order valence-electron chi connectivity index (χ3n) is 28.7. The van der Waals surface area contributed by atoms with Gasteiger partial charge in [-0.1, -0.05) is 303 Å². The standard InChI is InChI=1S/C45H26N2.C44H25N3.C39H22N2/c46-27-29-19-23-42-44-31(29)20-21-37-36(22-24-43(45(37)44)47(42)30-13-5-2-6-14-30)39-26-41-33-16-8-7-15-32(33)38(28-11-3-1-4-12-28)25-40(41)35-18-10-9-17-34(35)39;45-25-27-16-20-41-43-30(27)17-18-36-35(19-21-42(44(36)43)47(41)29-10-2-1-3-11-29)38-24-40-32-13-5-4-12-31(32)37(28-9-8-22-46-26-28)23-39(40)34-15-7-6-14-33(34)38;40-23-25-15-20-36-38-28(25)17-18-33-32(19-21-37(39(33)38)41(36)26-9-2-1-3-10-26)35-22-34-27-11-5-4-8-24(27)14-16-31(34)29-12-6-7-13-30(29)35/h1-26H;1-24,26H;1-22H. The van der Waals surface area contributed by atoms with Crippen molar-refractivity contribution in [3.63, 3.8) is 0 Å². The normalized spacial score (nSPS) is 11.8. The molecule has 135 heavy (non-hydrogen) atoms. The minimum Gasteiger partial charge on any atom is -0.309 e. The fraction of sp³-hybridized carbons (Fsp3) is 0. The number of nitriles is 3. The molecule has 0 saturated carbocycles. The molecule has 29 aromatic rings. The summed E-state index contributed by atoms with van der Waals surface area (Å²) in [5, 5.41) is 66.1. The Labute approximate surface area is 774 Å². The average molecular weight is 1710 g/mol. The minimum atomic E-state index is 0.698. The summed E-state index contributed by atoms with van der Waals surface area (Å²) >= 11 is 0. The SMILES string of the molecule is N#Cc1ccc2c3c1ccc1c(-c4cc5c6ccccc6c(-c6ccccc6)cc5c5ccccc45)ccc(c13)n2-c1ccccc1.N#Cc1ccc2c3c1ccc1c(-c4cc5c6ccccc6c(-c6cccnc6)cc5c5ccccc45)ccc(c13)n2-c1ccccc1.N#Cc1ccc2c3c1ccc1c(-c4cc5c6ccccc6ccc5c5ccccc45)ccc(c13)n2-c1ccccc1. The smallest absolute Gasteiger partial charge is 0.0998 e. The third kappa shape index (κ3) is 11.5. The molecule has 0 radical (unpaired) electrons. The number of benzene rings is 25. The van der Waals surface area contributed by atoms with Crippen molar-refractivity contribution in [2.24, 2.45) is 0 Å². The summed E-state index contributed by atoms with van der Waals surface area (Å²) in [4.78, 5) is 4.44. The van der Waals surface area contributed by atoms with E-state index in [0.29, 0.717) is 16.7 Å². The van der Waals surface area contributed by atoms with E-state index in [2.05, 4.69) is 431 Å². The lowest BCUT2D eigenvalue weighted by Crippen LogP contribution is -1.93. The Hall–Kier alpha value is -18.6. The Balaban J connectivity index is 0.000000103. The first-order valence-corrected chi connectivity index (χ1v) is 45.8. The highest BCUT2D eigenvalue weighted by Crippen LogP contribution is 2.53. The molecule has 0 atom stereocenters. The number of hydrogen-bond donors (Lipinski definition) is 0. The van der Waals surface area contributed by atoms with E-state index >= 15 is 0 Å². The molecule has 0 aliphatic carbocycles. The van der Waals surface area contributed by atoms with Gasteiger partial charge >= 0.3 is 0 Å². The summed E-state index contributed by atoms with van der Waals surface area (Å²) in [6, 6.07) is 162. The fourth-order valence-corrected chi connectivity index (χ4v) is 22.9. The molecule has 0 unspecified atom stereocenters. The van der Waals surface area contributed by atoms with Gasteiger partial charge in [0.2, 0.25) is 0 Å². The lowest BCUT2D eigenvalue weighted by atomic mass is 9.86. The number of hydrogen-bond acceptors (Lipinski definition) is 4. The van der Waals surface area contributed by atoms with Gasteiger partial charge in [0.05, 0.1) is 68.0 Å². The van der Waals surface area contributed by atoms with Crippen molar-refractivity contribution >= 4 is 195 Å². The summed E-state index contributed by atoms with van der Waals surface area (Å²) in [6.45, 7) is 0. The molecule has 7 heteroatoms. The largest absolute Gasteiger partial charge is 0.309 e. The molecule has 0 aliphatic rings. The van der Waals surface area contributed by atoms with Crippen LogP contribution in [-0.2, 0) is 0 Å². The molecule has 0 aliphatic heterocycles. The van der Waals surface area contributed by atoms with Gasteiger partial charge in [0, 0.05) is 83.5 Å². The van der Waals surface area contributed by atoms with Crippen molar-refractivity contribution < 1.29 is 0 Å². The monoisotopic (exact) mass is 1710 g/mol. The summed E-state index contributed by atoms with van der Waals surface area (Å²) < 4.78 is 7.01. The zero-order chi connectivity index (χ0) is 89.2. The Morgan fingerprint density at radius 3 is 0.770 bits per heavy atom. The first kappa shape index (κ1) is 76.5. The second-order valence-electron chi connectivity index (χ2n) is 35.4. The van der Waals surface area contributed by atoms with E-state index < -0.39 is 0 Å². The number of nitrogens with zero attached hydrogens (tertiary/aromatic N) is 7. The van der Waals surface area contributed by atoms with Crippen LogP contribution in [0.4, 0.5) is 0 Å². The summed E-state index contributed by atoms with van der Waals surface area (Å²) in [6.07, 6.45) is 3.78. The highest BCUT2D eigenvalue weighted by molar-refractivity contribution is 6.35. The molecular formula is C128H73N7. The number of rotatable bonds is 8. The Morgan fingerprint density at radius 1 is 0.170 bits per heavy atom. The molecule has 0 spiro atoms. The van der Waals surface area contributed by atoms with E-state index in [9.17, 15) is 15.8 Å². The molecule has 29 rings (SSSR count). The van der Waals surface area contributed by atoms with Crippen molar-refractivity contribution in [2.45, 2.75) is 0 Å². The molecule has 0 fully saturated rings. The molecule has 0 amide bonds. The Kier molecular flexibility index (Phi) is 17.1. The van der Waals surface area contributed by atoms with Crippen LogP contribution in [0.5, 0.6) is 0 Å². The first-order chi connectivity index (χ1) is 66.9. The molecular weight excluding hydrogens is 1640 g/mol. The number of pyridine rings is 1. The maximum atomic E-state index is 10.1. The molecule has 0 bridgehead atoms. The van der Waals surface area contributed by atoms with Gasteiger partial charge in [0.25, 0.3) is 0 Å². The van der Waals surface area contributed by atoms with Crippen molar-refractivity contribution in [1.29, 1.82) is 15.8 Å². The van der Waals surface area contributed by atoms with E-state index in [4.69, 9.17) is 0 Å². The summed E-state index contributed by atoms with van der Waals surface area (Å²) in [5.74, 6) is 0. The van der Waals surface area contributed by atoms with Gasteiger partial charge < -0.3 is 13.7 Å². The molecule has 4 aromatic heterocycles. The number of aromatic nitrogens is 4. The van der Waals surface area contributed by atoms with Crippen LogP contribution in [0, 0.1) is 34.0 Å². The molecule has 25 aromatic carbocycles. The lowest BCUT2D eigenvalue weighted by molar-refractivity contribution is 1.18. The maximum absolute atomic E-state index is 10.1. The van der Waals surface area contributed by atoms with Gasteiger partial charge in [-0.3, -0.25) is 4.98 Å². The topological polar surface area (TPSA) is 99.1 Å². The van der Waals surface area contributed by atoms with Gasteiger partial charge in [0.1, 0.15) is 0 Å². The van der Waals surface area contributed by atoms with Crippen molar-refractivity contribution in [3.8, 4) is 90.9 Å². The van der Waals surface area contributed by atoms with Gasteiger partial charge in [-0.25, -0.2) is 0 Å². The van der Waals surface area contributed by atoms with Crippen LogP contribution >= 0.6 is 0 Å². The molecule has 0 saturated heterocycles. The van der Waals surface area contributed by atoms with Crippen LogP contribution in [0.1, 0.15) is 16.7 Å². The maximum Gasteiger partial charge on any atom is 0.0998 e.